The average molecular weight is 446 g/mol. The highest BCUT2D eigenvalue weighted by atomic mass is 35.5. The zero-order chi connectivity index (χ0) is 20.6. The highest BCUT2D eigenvalue weighted by Gasteiger charge is 2.20. The smallest absolute Gasteiger partial charge is 0.238 e. The zero-order valence-electron chi connectivity index (χ0n) is 14.7. The van der Waals surface area contributed by atoms with Gasteiger partial charge in [-0.2, -0.15) is 0 Å². The molecular formula is C20H13ClFN3O2S2. The minimum absolute atomic E-state index is 0.224. The number of benzene rings is 2. The van der Waals surface area contributed by atoms with Crippen molar-refractivity contribution in [1.82, 2.24) is 9.97 Å². The molecule has 2 aromatic heterocycles. The minimum Gasteiger partial charge on any atom is -0.254 e. The van der Waals surface area contributed by atoms with Crippen LogP contribution in [0.5, 0.6) is 0 Å². The van der Waals surface area contributed by atoms with E-state index in [2.05, 4.69) is 9.97 Å². The van der Waals surface area contributed by atoms with Gasteiger partial charge < -0.3 is 0 Å². The predicted molar refractivity (Wildman–Crippen MR) is 113 cm³/mol. The van der Waals surface area contributed by atoms with Crippen LogP contribution >= 0.6 is 22.9 Å². The summed E-state index contributed by atoms with van der Waals surface area (Å²) in [5.41, 5.74) is 2.18. The fraction of sp³-hybridized carbons (Fsp3) is 0. The molecule has 5 nitrogen and oxygen atoms in total. The molecule has 0 radical (unpaired) electrons. The van der Waals surface area contributed by atoms with Gasteiger partial charge in [0.1, 0.15) is 10.8 Å². The summed E-state index contributed by atoms with van der Waals surface area (Å²) in [4.78, 5) is 9.24. The normalized spacial score (nSPS) is 11.6. The molecule has 0 unspecified atom stereocenters. The Balaban J connectivity index is 1.92. The molecule has 9 heteroatoms. The number of nitrogens with two attached hydrogens (primary N) is 1. The first kappa shape index (κ1) is 19.7. The molecule has 2 N–H and O–H groups in total. The molecule has 0 aliphatic heterocycles. The van der Waals surface area contributed by atoms with Crippen LogP contribution in [0, 0.1) is 5.82 Å². The Hall–Kier alpha value is -2.65. The van der Waals surface area contributed by atoms with Gasteiger partial charge in [0.05, 0.1) is 21.2 Å². The molecule has 0 saturated heterocycles. The summed E-state index contributed by atoms with van der Waals surface area (Å²) < 4.78 is 37.9. The SMILES string of the molecule is NS(=O)(=O)c1ccc(-c2sc(-c3ccccn3)nc2-c2ccc(Cl)cc2)c(F)c1. The van der Waals surface area contributed by atoms with Crippen LogP contribution in [-0.4, -0.2) is 18.4 Å². The van der Waals surface area contributed by atoms with Crippen LogP contribution < -0.4 is 5.14 Å². The average Bonchev–Trinajstić information content (AvgIpc) is 3.13. The van der Waals surface area contributed by atoms with Gasteiger partial charge in [0.25, 0.3) is 0 Å². The van der Waals surface area contributed by atoms with Gasteiger partial charge in [0.2, 0.25) is 10.0 Å². The van der Waals surface area contributed by atoms with Crippen molar-refractivity contribution in [3.05, 3.63) is 77.7 Å². The standard InChI is InChI=1S/C20H13ClFN3O2S2/c21-13-6-4-12(5-7-13)18-19(28-20(25-18)17-3-1-2-10-24-17)15-9-8-14(11-16(15)22)29(23,26)27/h1-11H,(H2,23,26,27). The fourth-order valence-electron chi connectivity index (χ4n) is 2.76. The van der Waals surface area contributed by atoms with Gasteiger partial charge in [-0.3, -0.25) is 4.98 Å². The van der Waals surface area contributed by atoms with E-state index >= 15 is 0 Å². The van der Waals surface area contributed by atoms with Crippen LogP contribution in [0.25, 0.3) is 32.4 Å². The summed E-state index contributed by atoms with van der Waals surface area (Å²) in [6, 6.07) is 16.1. The fourth-order valence-corrected chi connectivity index (χ4v) is 4.50. The van der Waals surface area contributed by atoms with Crippen LogP contribution in [0.1, 0.15) is 0 Å². The van der Waals surface area contributed by atoms with Crippen molar-refractivity contribution in [2.75, 3.05) is 0 Å². The van der Waals surface area contributed by atoms with Gasteiger partial charge in [0.15, 0.2) is 0 Å². The van der Waals surface area contributed by atoms with E-state index in [1.807, 2.05) is 12.1 Å². The van der Waals surface area contributed by atoms with Crippen molar-refractivity contribution in [2.24, 2.45) is 5.14 Å². The third-order valence-corrected chi connectivity index (χ3v) is 6.42. The molecule has 2 heterocycles. The maximum Gasteiger partial charge on any atom is 0.238 e. The Morgan fingerprint density at radius 3 is 2.41 bits per heavy atom. The van der Waals surface area contributed by atoms with Crippen LogP contribution in [0.3, 0.4) is 0 Å². The second-order valence-electron chi connectivity index (χ2n) is 6.11. The molecule has 0 bridgehead atoms. The number of sulfonamides is 1. The van der Waals surface area contributed by atoms with Crippen molar-refractivity contribution >= 4 is 33.0 Å². The lowest BCUT2D eigenvalue weighted by molar-refractivity contribution is 0.593. The number of thiazole rings is 1. The molecule has 0 atom stereocenters. The molecule has 0 fully saturated rings. The number of primary sulfonamides is 1. The second-order valence-corrected chi connectivity index (χ2v) is 9.10. The number of hydrogen-bond acceptors (Lipinski definition) is 5. The third kappa shape index (κ3) is 4.06. The zero-order valence-corrected chi connectivity index (χ0v) is 17.1. The largest absolute Gasteiger partial charge is 0.254 e. The first-order valence-corrected chi connectivity index (χ1v) is 11.1. The molecule has 29 heavy (non-hydrogen) atoms. The Bertz CT molecular complexity index is 1290. The summed E-state index contributed by atoms with van der Waals surface area (Å²) in [7, 11) is -4.01. The van der Waals surface area contributed by atoms with Crippen LogP contribution in [0.15, 0.2) is 71.8 Å². The maximum absolute atomic E-state index is 14.9. The second kappa shape index (κ2) is 7.64. The van der Waals surface area contributed by atoms with E-state index in [0.717, 1.165) is 11.6 Å². The first-order chi connectivity index (χ1) is 13.8. The molecular weight excluding hydrogens is 433 g/mol. The molecule has 2 aromatic carbocycles. The van der Waals surface area contributed by atoms with Crippen LogP contribution in [-0.2, 0) is 10.0 Å². The van der Waals surface area contributed by atoms with Crippen molar-refractivity contribution < 1.29 is 12.8 Å². The number of rotatable bonds is 4. The summed E-state index contributed by atoms with van der Waals surface area (Å²) >= 11 is 7.25. The van der Waals surface area contributed by atoms with Gasteiger partial charge in [-0.15, -0.1) is 11.3 Å². The van der Waals surface area contributed by atoms with E-state index in [1.165, 1.54) is 23.5 Å². The van der Waals surface area contributed by atoms with Crippen LogP contribution in [0.4, 0.5) is 4.39 Å². The molecule has 0 aliphatic carbocycles. The Labute approximate surface area is 175 Å². The van der Waals surface area contributed by atoms with Gasteiger partial charge in [-0.25, -0.2) is 22.9 Å². The monoisotopic (exact) mass is 445 g/mol. The molecule has 0 amide bonds. The highest BCUT2D eigenvalue weighted by Crippen LogP contribution is 2.41. The van der Waals surface area contributed by atoms with Crippen molar-refractivity contribution in [1.29, 1.82) is 0 Å². The minimum atomic E-state index is -4.01. The number of aromatic nitrogens is 2. The Morgan fingerprint density at radius 1 is 1.03 bits per heavy atom. The van der Waals surface area contributed by atoms with E-state index in [9.17, 15) is 12.8 Å². The summed E-state index contributed by atoms with van der Waals surface area (Å²) in [5, 5.41) is 6.28. The summed E-state index contributed by atoms with van der Waals surface area (Å²) in [5.74, 6) is -0.706. The lowest BCUT2D eigenvalue weighted by Gasteiger charge is -2.06. The predicted octanol–water partition coefficient (Wildman–Crippen LogP) is 4.98. The number of nitrogens with zero attached hydrogens (tertiary/aromatic N) is 2. The topological polar surface area (TPSA) is 85.9 Å². The van der Waals surface area contributed by atoms with Gasteiger partial charge >= 0.3 is 0 Å². The van der Waals surface area contributed by atoms with E-state index in [4.69, 9.17) is 16.7 Å². The highest BCUT2D eigenvalue weighted by molar-refractivity contribution is 7.89. The molecule has 0 saturated carbocycles. The lowest BCUT2D eigenvalue weighted by atomic mass is 10.1. The molecule has 0 spiro atoms. The Kier molecular flexibility index (Phi) is 5.18. The molecule has 0 aliphatic rings. The van der Waals surface area contributed by atoms with Gasteiger partial charge in [-0.05, 0) is 42.5 Å². The third-order valence-electron chi connectivity index (χ3n) is 4.14. The van der Waals surface area contributed by atoms with E-state index in [-0.39, 0.29) is 10.5 Å². The van der Waals surface area contributed by atoms with E-state index in [0.29, 0.717) is 26.3 Å². The van der Waals surface area contributed by atoms with Gasteiger partial charge in [-0.1, -0.05) is 29.8 Å². The number of halogens is 2. The number of hydrogen-bond donors (Lipinski definition) is 1. The molecule has 4 aromatic rings. The van der Waals surface area contributed by atoms with Crippen LogP contribution in [0.2, 0.25) is 5.02 Å². The molecule has 4 rings (SSSR count). The van der Waals surface area contributed by atoms with E-state index < -0.39 is 15.8 Å². The van der Waals surface area contributed by atoms with Crippen molar-refractivity contribution in [3.63, 3.8) is 0 Å². The summed E-state index contributed by atoms with van der Waals surface area (Å²) in [6.45, 7) is 0. The maximum atomic E-state index is 14.9. The first-order valence-electron chi connectivity index (χ1n) is 8.34. The number of pyridine rings is 1. The van der Waals surface area contributed by atoms with Gasteiger partial charge in [0, 0.05) is 22.3 Å². The quantitative estimate of drug-likeness (QED) is 0.480. The summed E-state index contributed by atoms with van der Waals surface area (Å²) in [6.07, 6.45) is 1.65. The van der Waals surface area contributed by atoms with E-state index in [1.54, 1.807) is 36.5 Å². The lowest BCUT2D eigenvalue weighted by Crippen LogP contribution is -2.12. The Morgan fingerprint density at radius 2 is 1.79 bits per heavy atom. The molecule has 146 valence electrons. The van der Waals surface area contributed by atoms with Crippen molar-refractivity contribution in [3.8, 4) is 32.4 Å². The van der Waals surface area contributed by atoms with Crippen molar-refractivity contribution in [2.45, 2.75) is 4.90 Å².